The maximum Gasteiger partial charge on any atom is 0.292 e. The van der Waals surface area contributed by atoms with Crippen molar-refractivity contribution >= 4 is 32.5 Å². The Morgan fingerprint density at radius 2 is 2.29 bits per heavy atom. The quantitative estimate of drug-likeness (QED) is 0.629. The van der Waals surface area contributed by atoms with Crippen LogP contribution in [-0.2, 0) is 6.42 Å². The molecule has 0 unspecified atom stereocenters. The SMILES string of the molecule is N#CCc1c([N+](=O)[O-])cnc2ccc(Br)cc12. The Kier molecular flexibility index (Phi) is 3.02. The molecule has 0 saturated heterocycles. The van der Waals surface area contributed by atoms with Crippen molar-refractivity contribution in [1.29, 1.82) is 5.26 Å². The Hall–Kier alpha value is -2.00. The molecule has 0 radical (unpaired) electrons. The van der Waals surface area contributed by atoms with Crippen LogP contribution in [0.3, 0.4) is 0 Å². The van der Waals surface area contributed by atoms with Gasteiger partial charge < -0.3 is 0 Å². The van der Waals surface area contributed by atoms with Gasteiger partial charge in [-0.15, -0.1) is 0 Å². The lowest BCUT2D eigenvalue weighted by atomic mass is 10.1. The topological polar surface area (TPSA) is 79.8 Å². The van der Waals surface area contributed by atoms with E-state index in [0.717, 1.165) is 4.47 Å². The molecule has 84 valence electrons. The molecule has 17 heavy (non-hydrogen) atoms. The Morgan fingerprint density at radius 3 is 2.94 bits per heavy atom. The number of hydrogen-bond donors (Lipinski definition) is 0. The van der Waals surface area contributed by atoms with E-state index in [1.807, 2.05) is 6.07 Å². The molecule has 0 saturated carbocycles. The lowest BCUT2D eigenvalue weighted by molar-refractivity contribution is -0.385. The van der Waals surface area contributed by atoms with Crippen LogP contribution >= 0.6 is 15.9 Å². The standard InChI is InChI=1S/C11H6BrN3O2/c12-7-1-2-10-9(5-7)8(3-4-13)11(6-14-10)15(16)17/h1-2,5-6H,3H2. The highest BCUT2D eigenvalue weighted by molar-refractivity contribution is 9.10. The molecule has 0 bridgehead atoms. The van der Waals surface area contributed by atoms with Gasteiger partial charge in [-0.05, 0) is 18.2 Å². The predicted octanol–water partition coefficient (Wildman–Crippen LogP) is 2.97. The number of aromatic nitrogens is 1. The average molecular weight is 292 g/mol. The molecule has 2 rings (SSSR count). The van der Waals surface area contributed by atoms with Crippen molar-refractivity contribution in [2.75, 3.05) is 0 Å². The minimum atomic E-state index is -0.514. The summed E-state index contributed by atoms with van der Waals surface area (Å²) in [6.07, 6.45) is 1.19. The number of fused-ring (bicyclic) bond motifs is 1. The van der Waals surface area contributed by atoms with E-state index in [9.17, 15) is 10.1 Å². The molecule has 2 aromatic rings. The largest absolute Gasteiger partial charge is 0.292 e. The first-order chi connectivity index (χ1) is 8.13. The number of halogens is 1. The fourth-order valence-electron chi connectivity index (χ4n) is 1.63. The van der Waals surface area contributed by atoms with E-state index < -0.39 is 4.92 Å². The van der Waals surface area contributed by atoms with Crippen LogP contribution in [0.25, 0.3) is 10.9 Å². The first-order valence-corrected chi connectivity index (χ1v) is 5.51. The lowest BCUT2D eigenvalue weighted by Gasteiger charge is -2.04. The van der Waals surface area contributed by atoms with Crippen molar-refractivity contribution in [1.82, 2.24) is 4.98 Å². The minimum absolute atomic E-state index is 0.00815. The first kappa shape index (κ1) is 11.5. The normalized spacial score (nSPS) is 10.1. The van der Waals surface area contributed by atoms with Crippen LogP contribution in [0.1, 0.15) is 5.56 Å². The fourth-order valence-corrected chi connectivity index (χ4v) is 1.99. The third kappa shape index (κ3) is 2.10. The van der Waals surface area contributed by atoms with Crippen LogP contribution < -0.4 is 0 Å². The van der Waals surface area contributed by atoms with E-state index in [4.69, 9.17) is 5.26 Å². The maximum absolute atomic E-state index is 10.9. The summed E-state index contributed by atoms with van der Waals surface area (Å²) in [5.74, 6) is 0. The van der Waals surface area contributed by atoms with Crippen LogP contribution in [0, 0.1) is 21.4 Å². The van der Waals surface area contributed by atoms with Gasteiger partial charge in [-0.25, -0.2) is 4.98 Å². The van der Waals surface area contributed by atoms with Gasteiger partial charge in [0.25, 0.3) is 5.69 Å². The van der Waals surface area contributed by atoms with E-state index in [1.165, 1.54) is 6.20 Å². The van der Waals surface area contributed by atoms with Gasteiger partial charge in [-0.3, -0.25) is 10.1 Å². The first-order valence-electron chi connectivity index (χ1n) is 4.72. The van der Waals surface area contributed by atoms with E-state index >= 15 is 0 Å². The van der Waals surface area contributed by atoms with Gasteiger partial charge in [0.1, 0.15) is 6.20 Å². The molecule has 6 heteroatoms. The molecular weight excluding hydrogens is 286 g/mol. The molecule has 0 aliphatic heterocycles. The van der Waals surface area contributed by atoms with Crippen LogP contribution in [0.4, 0.5) is 5.69 Å². The van der Waals surface area contributed by atoms with E-state index in [-0.39, 0.29) is 12.1 Å². The monoisotopic (exact) mass is 291 g/mol. The molecule has 0 atom stereocenters. The van der Waals surface area contributed by atoms with Gasteiger partial charge in [-0.1, -0.05) is 15.9 Å². The summed E-state index contributed by atoms with van der Waals surface area (Å²) < 4.78 is 0.798. The third-order valence-electron chi connectivity index (χ3n) is 2.37. The smallest absolute Gasteiger partial charge is 0.258 e. The summed E-state index contributed by atoms with van der Waals surface area (Å²) in [6, 6.07) is 7.24. The summed E-state index contributed by atoms with van der Waals surface area (Å²) in [5.41, 5.74) is 0.935. The molecule has 1 aromatic carbocycles. The molecule has 0 amide bonds. The molecule has 0 aliphatic rings. The zero-order valence-electron chi connectivity index (χ0n) is 8.55. The van der Waals surface area contributed by atoms with Gasteiger partial charge in [0.2, 0.25) is 0 Å². The van der Waals surface area contributed by atoms with Crippen molar-refractivity contribution in [3.63, 3.8) is 0 Å². The van der Waals surface area contributed by atoms with Crippen LogP contribution in [0.2, 0.25) is 0 Å². The van der Waals surface area contributed by atoms with Gasteiger partial charge in [0.15, 0.2) is 0 Å². The zero-order chi connectivity index (χ0) is 12.4. The number of nitro groups is 1. The molecule has 1 heterocycles. The number of benzene rings is 1. The Morgan fingerprint density at radius 1 is 1.53 bits per heavy atom. The number of nitriles is 1. The Bertz CT molecular complexity index is 649. The number of pyridine rings is 1. The summed E-state index contributed by atoms with van der Waals surface area (Å²) in [7, 11) is 0. The second kappa shape index (κ2) is 4.47. The van der Waals surface area contributed by atoms with Crippen molar-refractivity contribution < 1.29 is 4.92 Å². The van der Waals surface area contributed by atoms with E-state index in [0.29, 0.717) is 16.5 Å². The van der Waals surface area contributed by atoms with Crippen molar-refractivity contribution in [3.05, 3.63) is 44.5 Å². The van der Waals surface area contributed by atoms with Crippen molar-refractivity contribution in [3.8, 4) is 6.07 Å². The summed E-state index contributed by atoms with van der Waals surface area (Å²) in [5, 5.41) is 20.3. The fraction of sp³-hybridized carbons (Fsp3) is 0.0909. The third-order valence-corrected chi connectivity index (χ3v) is 2.86. The van der Waals surface area contributed by atoms with Gasteiger partial charge in [0, 0.05) is 9.86 Å². The average Bonchev–Trinajstić information content (AvgIpc) is 2.29. The van der Waals surface area contributed by atoms with Gasteiger partial charge in [0.05, 0.1) is 28.5 Å². The second-order valence-corrected chi connectivity index (χ2v) is 4.29. The summed E-state index contributed by atoms with van der Waals surface area (Å²) in [6.45, 7) is 0. The van der Waals surface area contributed by atoms with Crippen LogP contribution in [0.5, 0.6) is 0 Å². The number of hydrogen-bond acceptors (Lipinski definition) is 4. The van der Waals surface area contributed by atoms with Gasteiger partial charge >= 0.3 is 0 Å². The highest BCUT2D eigenvalue weighted by atomic mass is 79.9. The molecule has 1 aromatic heterocycles. The molecule has 0 N–H and O–H groups in total. The van der Waals surface area contributed by atoms with Crippen LogP contribution in [-0.4, -0.2) is 9.91 Å². The van der Waals surface area contributed by atoms with Crippen molar-refractivity contribution in [2.24, 2.45) is 0 Å². The molecule has 5 nitrogen and oxygen atoms in total. The Labute approximate surface area is 105 Å². The number of nitrogens with zero attached hydrogens (tertiary/aromatic N) is 3. The van der Waals surface area contributed by atoms with Crippen molar-refractivity contribution in [2.45, 2.75) is 6.42 Å². The molecular formula is C11H6BrN3O2. The lowest BCUT2D eigenvalue weighted by Crippen LogP contribution is -1.97. The predicted molar refractivity (Wildman–Crippen MR) is 65.4 cm³/mol. The van der Waals surface area contributed by atoms with Crippen LogP contribution in [0.15, 0.2) is 28.9 Å². The minimum Gasteiger partial charge on any atom is -0.258 e. The summed E-state index contributed by atoms with van der Waals surface area (Å²) in [4.78, 5) is 14.4. The molecule has 0 spiro atoms. The highest BCUT2D eigenvalue weighted by Gasteiger charge is 2.17. The zero-order valence-corrected chi connectivity index (χ0v) is 10.1. The summed E-state index contributed by atoms with van der Waals surface area (Å²) >= 11 is 3.30. The van der Waals surface area contributed by atoms with Gasteiger partial charge in [-0.2, -0.15) is 5.26 Å². The van der Waals surface area contributed by atoms with E-state index in [1.54, 1.807) is 18.2 Å². The highest BCUT2D eigenvalue weighted by Crippen LogP contribution is 2.28. The number of rotatable bonds is 2. The second-order valence-electron chi connectivity index (χ2n) is 3.38. The molecule has 0 fully saturated rings. The molecule has 0 aliphatic carbocycles. The van der Waals surface area contributed by atoms with E-state index in [2.05, 4.69) is 20.9 Å². The maximum atomic E-state index is 10.9. The Balaban J connectivity index is 2.82.